The molecule has 0 aromatic heterocycles. The molecule has 0 aliphatic carbocycles. The molecular formula is C20H22F2N2O4S. The fourth-order valence-electron chi connectivity index (χ4n) is 3.19. The molecule has 29 heavy (non-hydrogen) atoms. The van der Waals surface area contributed by atoms with Crippen molar-refractivity contribution in [2.24, 2.45) is 5.92 Å². The van der Waals surface area contributed by atoms with E-state index < -0.39 is 21.7 Å². The Morgan fingerprint density at radius 3 is 2.34 bits per heavy atom. The van der Waals surface area contributed by atoms with Gasteiger partial charge in [0.2, 0.25) is 15.9 Å². The second-order valence-electron chi connectivity index (χ2n) is 6.70. The summed E-state index contributed by atoms with van der Waals surface area (Å²) in [7, 11) is -3.94. The molecule has 2 aromatic carbocycles. The summed E-state index contributed by atoms with van der Waals surface area (Å²) < 4.78 is 58.3. The lowest BCUT2D eigenvalue weighted by molar-refractivity contribution is -0.120. The standard InChI is InChI=1S/C20H22F2N2O4S/c1-2-28-16-5-3-15(4-6-16)23-20(25)14-9-11-24(12-10-14)29(26,27)17-7-8-18(21)19(22)13-17/h3-8,13-14H,2,9-12H2,1H3,(H,23,25). The van der Waals surface area contributed by atoms with Crippen molar-refractivity contribution >= 4 is 21.6 Å². The second-order valence-corrected chi connectivity index (χ2v) is 8.64. The van der Waals surface area contributed by atoms with Gasteiger partial charge in [0.1, 0.15) is 5.75 Å². The molecule has 1 N–H and O–H groups in total. The first kappa shape index (κ1) is 21.2. The maximum absolute atomic E-state index is 13.4. The molecule has 1 saturated heterocycles. The van der Waals surface area contributed by atoms with E-state index in [1.54, 1.807) is 24.3 Å². The smallest absolute Gasteiger partial charge is 0.243 e. The van der Waals surface area contributed by atoms with Crippen LogP contribution in [0.4, 0.5) is 14.5 Å². The average molecular weight is 424 g/mol. The van der Waals surface area contributed by atoms with Crippen molar-refractivity contribution in [1.29, 1.82) is 0 Å². The number of hydrogen-bond donors (Lipinski definition) is 1. The quantitative estimate of drug-likeness (QED) is 0.771. The molecule has 0 unspecified atom stereocenters. The van der Waals surface area contributed by atoms with Crippen LogP contribution in [0.3, 0.4) is 0 Å². The molecule has 0 spiro atoms. The fourth-order valence-corrected chi connectivity index (χ4v) is 4.67. The van der Waals surface area contributed by atoms with Crippen LogP contribution in [0.2, 0.25) is 0 Å². The molecule has 9 heteroatoms. The van der Waals surface area contributed by atoms with Gasteiger partial charge < -0.3 is 10.1 Å². The lowest BCUT2D eigenvalue weighted by Gasteiger charge is -2.30. The van der Waals surface area contributed by atoms with Crippen LogP contribution >= 0.6 is 0 Å². The van der Waals surface area contributed by atoms with Crippen molar-refractivity contribution in [3.8, 4) is 5.75 Å². The van der Waals surface area contributed by atoms with Gasteiger partial charge in [0.25, 0.3) is 0 Å². The third-order valence-electron chi connectivity index (χ3n) is 4.79. The molecule has 6 nitrogen and oxygen atoms in total. The van der Waals surface area contributed by atoms with Crippen LogP contribution in [0.15, 0.2) is 47.4 Å². The fraction of sp³-hybridized carbons (Fsp3) is 0.350. The van der Waals surface area contributed by atoms with E-state index in [9.17, 15) is 22.0 Å². The highest BCUT2D eigenvalue weighted by atomic mass is 32.2. The van der Waals surface area contributed by atoms with Gasteiger partial charge >= 0.3 is 0 Å². The molecule has 1 aliphatic rings. The number of nitrogens with zero attached hydrogens (tertiary/aromatic N) is 1. The van der Waals surface area contributed by atoms with Gasteiger partial charge in [-0.1, -0.05) is 0 Å². The number of halogens is 2. The Kier molecular flexibility index (Phi) is 6.49. The summed E-state index contributed by atoms with van der Waals surface area (Å²) in [5, 5.41) is 2.83. The zero-order valence-corrected chi connectivity index (χ0v) is 16.7. The number of sulfonamides is 1. The minimum Gasteiger partial charge on any atom is -0.494 e. The topological polar surface area (TPSA) is 75.7 Å². The Labute approximate surface area is 168 Å². The van der Waals surface area contributed by atoms with Gasteiger partial charge in [-0.2, -0.15) is 4.31 Å². The molecule has 156 valence electrons. The van der Waals surface area contributed by atoms with E-state index in [0.717, 1.165) is 12.1 Å². The first-order valence-corrected chi connectivity index (χ1v) is 10.7. The number of carbonyl (C=O) groups is 1. The van der Waals surface area contributed by atoms with E-state index in [1.807, 2.05) is 6.92 Å². The number of rotatable bonds is 6. The first-order chi connectivity index (χ1) is 13.8. The summed E-state index contributed by atoms with van der Waals surface area (Å²) in [4.78, 5) is 12.2. The zero-order valence-electron chi connectivity index (χ0n) is 15.9. The highest BCUT2D eigenvalue weighted by molar-refractivity contribution is 7.89. The number of piperidine rings is 1. The molecule has 0 bridgehead atoms. The van der Waals surface area contributed by atoms with Crippen molar-refractivity contribution in [3.05, 3.63) is 54.1 Å². The van der Waals surface area contributed by atoms with Crippen molar-refractivity contribution in [1.82, 2.24) is 4.31 Å². The number of benzene rings is 2. The number of ether oxygens (including phenoxy) is 1. The monoisotopic (exact) mass is 424 g/mol. The lowest BCUT2D eigenvalue weighted by atomic mass is 9.97. The van der Waals surface area contributed by atoms with Crippen LogP contribution in [-0.4, -0.2) is 38.3 Å². The van der Waals surface area contributed by atoms with Gasteiger partial charge in [-0.05, 0) is 62.2 Å². The van der Waals surface area contributed by atoms with Crippen molar-refractivity contribution < 1.29 is 26.7 Å². The van der Waals surface area contributed by atoms with Gasteiger partial charge in [0.05, 0.1) is 11.5 Å². The van der Waals surface area contributed by atoms with Crippen molar-refractivity contribution in [2.45, 2.75) is 24.7 Å². The molecule has 0 saturated carbocycles. The van der Waals surface area contributed by atoms with Crippen molar-refractivity contribution in [3.63, 3.8) is 0 Å². The van der Waals surface area contributed by atoms with Crippen LogP contribution in [0, 0.1) is 17.6 Å². The van der Waals surface area contributed by atoms with Crippen LogP contribution < -0.4 is 10.1 Å². The zero-order chi connectivity index (χ0) is 21.0. The maximum atomic E-state index is 13.4. The number of carbonyl (C=O) groups excluding carboxylic acids is 1. The summed E-state index contributed by atoms with van der Waals surface area (Å²) in [5.74, 6) is -2.12. The number of anilines is 1. The normalized spacial score (nSPS) is 15.8. The van der Waals surface area contributed by atoms with E-state index >= 15 is 0 Å². The van der Waals surface area contributed by atoms with E-state index in [-0.39, 0.29) is 29.8 Å². The highest BCUT2D eigenvalue weighted by Gasteiger charge is 2.32. The number of hydrogen-bond acceptors (Lipinski definition) is 4. The van der Waals surface area contributed by atoms with Gasteiger partial charge in [-0.15, -0.1) is 0 Å². The van der Waals surface area contributed by atoms with Crippen LogP contribution in [0.25, 0.3) is 0 Å². The average Bonchev–Trinajstić information content (AvgIpc) is 2.71. The SMILES string of the molecule is CCOc1ccc(NC(=O)C2CCN(S(=O)(=O)c3ccc(F)c(F)c3)CC2)cc1. The lowest BCUT2D eigenvalue weighted by Crippen LogP contribution is -2.41. The highest BCUT2D eigenvalue weighted by Crippen LogP contribution is 2.26. The molecular weight excluding hydrogens is 402 g/mol. The Balaban J connectivity index is 1.59. The van der Waals surface area contributed by atoms with E-state index in [0.29, 0.717) is 37.0 Å². The van der Waals surface area contributed by atoms with Crippen LogP contribution in [0.1, 0.15) is 19.8 Å². The predicted octanol–water partition coefficient (Wildman–Crippen LogP) is 3.40. The predicted molar refractivity (Wildman–Crippen MR) is 104 cm³/mol. The van der Waals surface area contributed by atoms with Crippen molar-refractivity contribution in [2.75, 3.05) is 25.0 Å². The minimum atomic E-state index is -3.94. The van der Waals surface area contributed by atoms with Crippen LogP contribution in [-0.2, 0) is 14.8 Å². The van der Waals surface area contributed by atoms with Crippen LogP contribution in [0.5, 0.6) is 5.75 Å². The number of nitrogens with one attached hydrogen (secondary N) is 1. The second kappa shape index (κ2) is 8.87. The Morgan fingerprint density at radius 1 is 1.10 bits per heavy atom. The van der Waals surface area contributed by atoms with Gasteiger partial charge in [0.15, 0.2) is 11.6 Å². The van der Waals surface area contributed by atoms with E-state index in [1.165, 1.54) is 4.31 Å². The summed E-state index contributed by atoms with van der Waals surface area (Å²) in [6.45, 7) is 2.69. The van der Waals surface area contributed by atoms with Gasteiger partial charge in [-0.25, -0.2) is 17.2 Å². The summed E-state index contributed by atoms with van der Waals surface area (Å²) in [6.07, 6.45) is 0.678. The third kappa shape index (κ3) is 4.91. The molecule has 3 rings (SSSR count). The summed E-state index contributed by atoms with van der Waals surface area (Å²) >= 11 is 0. The minimum absolute atomic E-state index is 0.128. The Hall–Kier alpha value is -2.52. The Bertz CT molecular complexity index is 972. The van der Waals surface area contributed by atoms with Gasteiger partial charge in [0, 0.05) is 24.7 Å². The summed E-state index contributed by atoms with van der Waals surface area (Å²) in [5.41, 5.74) is 0.635. The molecule has 1 amide bonds. The molecule has 0 radical (unpaired) electrons. The molecule has 1 heterocycles. The summed E-state index contributed by atoms with van der Waals surface area (Å²) in [6, 6.07) is 9.51. The largest absolute Gasteiger partial charge is 0.494 e. The molecule has 1 fully saturated rings. The van der Waals surface area contributed by atoms with Gasteiger partial charge in [-0.3, -0.25) is 4.79 Å². The maximum Gasteiger partial charge on any atom is 0.243 e. The molecule has 2 aromatic rings. The number of amides is 1. The Morgan fingerprint density at radius 2 is 1.76 bits per heavy atom. The van der Waals surface area contributed by atoms with E-state index in [2.05, 4.69) is 5.32 Å². The molecule has 0 atom stereocenters. The van der Waals surface area contributed by atoms with E-state index in [4.69, 9.17) is 4.74 Å². The molecule has 1 aliphatic heterocycles. The third-order valence-corrected chi connectivity index (χ3v) is 6.68. The first-order valence-electron chi connectivity index (χ1n) is 9.30.